The average Bonchev–Trinajstić information content (AvgIpc) is 2.95. The Hall–Kier alpha value is -1.88. The lowest BCUT2D eigenvalue weighted by atomic mass is 10.1. The number of hydrogen-bond donors (Lipinski definition) is 1. The lowest BCUT2D eigenvalue weighted by Gasteiger charge is -2.23. The van der Waals surface area contributed by atoms with Crippen LogP contribution in [0.4, 0.5) is 0 Å². The number of likely N-dealkylation sites (tertiary alicyclic amines) is 1. The number of amides is 1. The number of carbonyl (C=O) groups is 1. The molecule has 0 aromatic carbocycles. The molecule has 1 saturated heterocycles. The zero-order valence-corrected chi connectivity index (χ0v) is 13.7. The monoisotopic (exact) mass is 312 g/mol. The zero-order chi connectivity index (χ0) is 15.9. The van der Waals surface area contributed by atoms with Crippen LogP contribution in [0.15, 0.2) is 24.5 Å². The molecule has 3 heterocycles. The molecule has 1 amide bonds. The van der Waals surface area contributed by atoms with Crippen molar-refractivity contribution in [2.75, 3.05) is 26.2 Å². The molecule has 2 aliphatic rings. The quantitative estimate of drug-likeness (QED) is 0.921. The summed E-state index contributed by atoms with van der Waals surface area (Å²) in [4.78, 5) is 15.1. The van der Waals surface area contributed by atoms with Crippen molar-refractivity contribution in [2.45, 2.75) is 32.6 Å². The second kappa shape index (κ2) is 5.64. The molecular weight excluding hydrogens is 288 g/mol. The lowest BCUT2D eigenvalue weighted by Crippen LogP contribution is -2.37. The molecule has 0 unspecified atom stereocenters. The van der Waals surface area contributed by atoms with Gasteiger partial charge in [0, 0.05) is 24.7 Å². The normalized spacial score (nSPS) is 20.0. The van der Waals surface area contributed by atoms with Gasteiger partial charge in [0.05, 0.1) is 17.3 Å². The molecule has 0 radical (unpaired) electrons. The van der Waals surface area contributed by atoms with Crippen molar-refractivity contribution in [1.82, 2.24) is 19.8 Å². The fourth-order valence-electron chi connectivity index (χ4n) is 3.61. The first-order valence-electron chi connectivity index (χ1n) is 8.60. The van der Waals surface area contributed by atoms with Crippen molar-refractivity contribution in [3.05, 3.63) is 35.7 Å². The number of hydrogen-bond acceptors (Lipinski definition) is 3. The molecule has 1 aliphatic carbocycles. The maximum atomic E-state index is 12.5. The van der Waals surface area contributed by atoms with Gasteiger partial charge in [-0.1, -0.05) is 6.07 Å². The van der Waals surface area contributed by atoms with Gasteiger partial charge in [0.15, 0.2) is 0 Å². The summed E-state index contributed by atoms with van der Waals surface area (Å²) in [6.07, 6.45) is 8.73. The van der Waals surface area contributed by atoms with Gasteiger partial charge in [-0.3, -0.25) is 4.79 Å². The number of rotatable bonds is 5. The predicted molar refractivity (Wildman–Crippen MR) is 89.6 cm³/mol. The van der Waals surface area contributed by atoms with E-state index in [-0.39, 0.29) is 5.91 Å². The fraction of sp³-hybridized carbons (Fsp3) is 0.556. The fourth-order valence-corrected chi connectivity index (χ4v) is 3.61. The molecule has 5 nitrogen and oxygen atoms in total. The molecule has 23 heavy (non-hydrogen) atoms. The van der Waals surface area contributed by atoms with Crippen molar-refractivity contribution >= 4 is 11.4 Å². The summed E-state index contributed by atoms with van der Waals surface area (Å²) in [5, 5.41) is 7.44. The van der Waals surface area contributed by atoms with E-state index in [2.05, 4.69) is 15.3 Å². The Morgan fingerprint density at radius 3 is 2.83 bits per heavy atom. The van der Waals surface area contributed by atoms with Gasteiger partial charge in [-0.05, 0) is 57.3 Å². The smallest absolute Gasteiger partial charge is 0.255 e. The molecular formula is C18H24N4O. The number of fused-ring (bicyclic) bond motifs is 1. The molecule has 122 valence electrons. The van der Waals surface area contributed by atoms with Gasteiger partial charge in [-0.25, -0.2) is 4.52 Å². The predicted octanol–water partition coefficient (Wildman–Crippen LogP) is 2.25. The molecule has 2 aromatic rings. The van der Waals surface area contributed by atoms with E-state index in [4.69, 9.17) is 0 Å². The minimum absolute atomic E-state index is 0.00319. The first kappa shape index (κ1) is 14.7. The third-order valence-corrected chi connectivity index (χ3v) is 5.25. The molecule has 5 heteroatoms. The highest BCUT2D eigenvalue weighted by Crippen LogP contribution is 2.46. The minimum atomic E-state index is -0.00319. The summed E-state index contributed by atoms with van der Waals surface area (Å²) in [7, 11) is 0. The van der Waals surface area contributed by atoms with Gasteiger partial charge >= 0.3 is 0 Å². The van der Waals surface area contributed by atoms with Crippen molar-refractivity contribution < 1.29 is 4.79 Å². The lowest BCUT2D eigenvalue weighted by molar-refractivity contribution is 0.0941. The molecule has 4 rings (SSSR count). The number of aryl methyl sites for hydroxylation is 1. The van der Waals surface area contributed by atoms with E-state index < -0.39 is 0 Å². The van der Waals surface area contributed by atoms with Crippen molar-refractivity contribution in [2.24, 2.45) is 5.41 Å². The summed E-state index contributed by atoms with van der Waals surface area (Å²) in [5.41, 5.74) is 2.99. The number of nitrogens with zero attached hydrogens (tertiary/aromatic N) is 3. The Labute approximate surface area is 136 Å². The van der Waals surface area contributed by atoms with Crippen LogP contribution in [0.5, 0.6) is 0 Å². The summed E-state index contributed by atoms with van der Waals surface area (Å²) < 4.78 is 1.78. The zero-order valence-electron chi connectivity index (χ0n) is 13.7. The molecule has 0 atom stereocenters. The van der Waals surface area contributed by atoms with Crippen LogP contribution in [0.25, 0.3) is 5.52 Å². The maximum absolute atomic E-state index is 12.5. The Morgan fingerprint density at radius 2 is 2.09 bits per heavy atom. The van der Waals surface area contributed by atoms with Crippen LogP contribution in [0.1, 0.15) is 41.6 Å². The van der Waals surface area contributed by atoms with Crippen LogP contribution >= 0.6 is 0 Å². The standard InChI is InChI=1S/C18H24N4O/c1-14-4-5-16-15(10-20-22(16)11-14)17(23)19-12-18(6-7-18)13-21-8-2-3-9-21/h4-5,10-11H,2-3,6-9,12-13H2,1H3,(H,19,23). The summed E-state index contributed by atoms with van der Waals surface area (Å²) in [5.74, 6) is -0.00319. The van der Waals surface area contributed by atoms with Gasteiger partial charge in [0.25, 0.3) is 5.91 Å². The Morgan fingerprint density at radius 1 is 1.30 bits per heavy atom. The number of nitrogens with one attached hydrogen (secondary N) is 1. The van der Waals surface area contributed by atoms with Crippen molar-refractivity contribution in [1.29, 1.82) is 0 Å². The van der Waals surface area contributed by atoms with E-state index in [1.165, 1.54) is 38.8 Å². The third kappa shape index (κ3) is 2.98. The van der Waals surface area contributed by atoms with Crippen LogP contribution in [0, 0.1) is 12.3 Å². The highest BCUT2D eigenvalue weighted by Gasteiger charge is 2.44. The Balaban J connectivity index is 1.41. The minimum Gasteiger partial charge on any atom is -0.351 e. The SMILES string of the molecule is Cc1ccc2c(C(=O)NCC3(CN4CCCC4)CC3)cnn2c1. The van der Waals surface area contributed by atoms with E-state index >= 15 is 0 Å². The van der Waals surface area contributed by atoms with Gasteiger partial charge in [-0.15, -0.1) is 0 Å². The largest absolute Gasteiger partial charge is 0.351 e. The third-order valence-electron chi connectivity index (χ3n) is 5.25. The highest BCUT2D eigenvalue weighted by atomic mass is 16.1. The number of pyridine rings is 1. The molecule has 2 fully saturated rings. The van der Waals surface area contributed by atoms with Crippen molar-refractivity contribution in [3.8, 4) is 0 Å². The van der Waals surface area contributed by atoms with Gasteiger partial charge in [0.1, 0.15) is 0 Å². The first-order chi connectivity index (χ1) is 11.2. The Kier molecular flexibility index (Phi) is 3.60. The molecule has 0 spiro atoms. The number of carbonyl (C=O) groups excluding carboxylic acids is 1. The van der Waals surface area contributed by atoms with Crippen LogP contribution in [-0.4, -0.2) is 46.6 Å². The topological polar surface area (TPSA) is 49.6 Å². The van der Waals surface area contributed by atoms with E-state index in [0.29, 0.717) is 11.0 Å². The molecule has 2 aromatic heterocycles. The van der Waals surface area contributed by atoms with Crippen LogP contribution in [-0.2, 0) is 0 Å². The van der Waals surface area contributed by atoms with E-state index in [1.807, 2.05) is 25.3 Å². The van der Waals surface area contributed by atoms with Gasteiger partial charge in [0.2, 0.25) is 0 Å². The van der Waals surface area contributed by atoms with Crippen molar-refractivity contribution in [3.63, 3.8) is 0 Å². The van der Waals surface area contributed by atoms with Gasteiger partial charge in [-0.2, -0.15) is 5.10 Å². The molecule has 0 bridgehead atoms. The molecule has 1 aliphatic heterocycles. The number of aromatic nitrogens is 2. The summed E-state index contributed by atoms with van der Waals surface area (Å²) in [6.45, 7) is 6.40. The van der Waals surface area contributed by atoms with E-state index in [1.54, 1.807) is 10.7 Å². The van der Waals surface area contributed by atoms with Crippen LogP contribution in [0.2, 0.25) is 0 Å². The van der Waals surface area contributed by atoms with Crippen LogP contribution in [0.3, 0.4) is 0 Å². The summed E-state index contributed by atoms with van der Waals surface area (Å²) >= 11 is 0. The average molecular weight is 312 g/mol. The van der Waals surface area contributed by atoms with E-state index in [0.717, 1.165) is 24.2 Å². The van der Waals surface area contributed by atoms with Gasteiger partial charge < -0.3 is 10.2 Å². The first-order valence-corrected chi connectivity index (χ1v) is 8.60. The summed E-state index contributed by atoms with van der Waals surface area (Å²) in [6, 6.07) is 3.98. The van der Waals surface area contributed by atoms with E-state index in [9.17, 15) is 4.79 Å². The molecule has 1 saturated carbocycles. The second-order valence-corrected chi connectivity index (χ2v) is 7.26. The Bertz CT molecular complexity index is 726. The maximum Gasteiger partial charge on any atom is 0.255 e. The van der Waals surface area contributed by atoms with Crippen LogP contribution < -0.4 is 5.32 Å². The molecule has 1 N–H and O–H groups in total. The highest BCUT2D eigenvalue weighted by molar-refractivity contribution is 6.00. The second-order valence-electron chi connectivity index (χ2n) is 7.26.